The van der Waals surface area contributed by atoms with Gasteiger partial charge in [-0.3, -0.25) is 4.79 Å². The number of rotatable bonds is 9. The number of ketones is 1. The SMILES string of the molecule is COc1ccc(C(CN)C(C)(C=O)C(C)=O)cc1OCc1ccccc1. The van der Waals surface area contributed by atoms with Crippen molar-refractivity contribution in [1.29, 1.82) is 0 Å². The Morgan fingerprint density at radius 2 is 1.88 bits per heavy atom. The number of aldehydes is 1. The van der Waals surface area contributed by atoms with Gasteiger partial charge >= 0.3 is 0 Å². The van der Waals surface area contributed by atoms with Gasteiger partial charge in [-0.1, -0.05) is 36.4 Å². The van der Waals surface area contributed by atoms with Crippen LogP contribution in [0.2, 0.25) is 0 Å². The van der Waals surface area contributed by atoms with Crippen molar-refractivity contribution in [2.75, 3.05) is 13.7 Å². The first-order valence-electron chi connectivity index (χ1n) is 8.48. The molecule has 0 aliphatic heterocycles. The van der Waals surface area contributed by atoms with E-state index in [-0.39, 0.29) is 12.3 Å². The highest BCUT2D eigenvalue weighted by atomic mass is 16.5. The number of nitrogens with two attached hydrogens (primary N) is 1. The summed E-state index contributed by atoms with van der Waals surface area (Å²) in [6.45, 7) is 3.58. The van der Waals surface area contributed by atoms with Crippen LogP contribution in [0.3, 0.4) is 0 Å². The minimum Gasteiger partial charge on any atom is -0.493 e. The molecule has 0 spiro atoms. The first-order chi connectivity index (χ1) is 12.5. The molecule has 2 unspecified atom stereocenters. The third kappa shape index (κ3) is 4.11. The zero-order valence-electron chi connectivity index (χ0n) is 15.4. The van der Waals surface area contributed by atoms with E-state index in [0.717, 1.165) is 11.1 Å². The molecule has 0 aromatic heterocycles. The Kier molecular flexibility index (Phi) is 6.52. The fraction of sp³-hybridized carbons (Fsp3) is 0.333. The van der Waals surface area contributed by atoms with E-state index in [1.807, 2.05) is 36.4 Å². The molecule has 0 heterocycles. The molecule has 2 aromatic rings. The van der Waals surface area contributed by atoms with Crippen LogP contribution in [-0.2, 0) is 16.2 Å². The lowest BCUT2D eigenvalue weighted by Gasteiger charge is -2.30. The van der Waals surface area contributed by atoms with E-state index in [0.29, 0.717) is 24.4 Å². The maximum absolute atomic E-state index is 12.0. The van der Waals surface area contributed by atoms with Gasteiger partial charge in [-0.2, -0.15) is 0 Å². The van der Waals surface area contributed by atoms with E-state index < -0.39 is 11.3 Å². The lowest BCUT2D eigenvalue weighted by atomic mass is 9.72. The molecule has 5 heteroatoms. The topological polar surface area (TPSA) is 78.6 Å². The molecule has 2 aromatic carbocycles. The Labute approximate surface area is 154 Å². The van der Waals surface area contributed by atoms with Crippen molar-refractivity contribution in [2.45, 2.75) is 26.4 Å². The molecule has 0 aliphatic carbocycles. The third-order valence-corrected chi connectivity index (χ3v) is 4.79. The van der Waals surface area contributed by atoms with Crippen molar-refractivity contribution in [3.63, 3.8) is 0 Å². The molecule has 26 heavy (non-hydrogen) atoms. The Balaban J connectivity index is 2.35. The number of hydrogen-bond acceptors (Lipinski definition) is 5. The van der Waals surface area contributed by atoms with Crippen LogP contribution >= 0.6 is 0 Å². The van der Waals surface area contributed by atoms with Crippen LogP contribution in [0.25, 0.3) is 0 Å². The largest absolute Gasteiger partial charge is 0.493 e. The second kappa shape index (κ2) is 8.63. The van der Waals surface area contributed by atoms with Gasteiger partial charge in [0.25, 0.3) is 0 Å². The Morgan fingerprint density at radius 1 is 1.19 bits per heavy atom. The van der Waals surface area contributed by atoms with Crippen LogP contribution in [0.4, 0.5) is 0 Å². The molecule has 138 valence electrons. The standard InChI is InChI=1S/C21H25NO4/c1-15(24)21(2,14-23)18(12-22)17-9-10-19(25-3)20(11-17)26-13-16-7-5-4-6-8-16/h4-11,14,18H,12-13,22H2,1-3H3. The Bertz CT molecular complexity index is 760. The van der Waals surface area contributed by atoms with Gasteiger partial charge in [0.2, 0.25) is 0 Å². The molecule has 5 nitrogen and oxygen atoms in total. The van der Waals surface area contributed by atoms with Crippen molar-refractivity contribution < 1.29 is 19.1 Å². The summed E-state index contributed by atoms with van der Waals surface area (Å²) in [6, 6.07) is 15.2. The van der Waals surface area contributed by atoms with Crippen LogP contribution < -0.4 is 15.2 Å². The van der Waals surface area contributed by atoms with Crippen molar-refractivity contribution in [2.24, 2.45) is 11.1 Å². The molecule has 0 fully saturated rings. The first kappa shape index (κ1) is 19.7. The Morgan fingerprint density at radius 3 is 2.42 bits per heavy atom. The molecule has 0 aliphatic rings. The number of ether oxygens (including phenoxy) is 2. The third-order valence-electron chi connectivity index (χ3n) is 4.79. The molecular formula is C21H25NO4. The number of methoxy groups -OCH3 is 1. The van der Waals surface area contributed by atoms with Gasteiger partial charge in [0, 0.05) is 12.5 Å². The summed E-state index contributed by atoms with van der Waals surface area (Å²) >= 11 is 0. The predicted octanol–water partition coefficient (Wildman–Crippen LogP) is 3.11. The summed E-state index contributed by atoms with van der Waals surface area (Å²) in [5, 5.41) is 0. The van der Waals surface area contributed by atoms with E-state index in [9.17, 15) is 9.59 Å². The monoisotopic (exact) mass is 355 g/mol. The average molecular weight is 355 g/mol. The summed E-state index contributed by atoms with van der Waals surface area (Å²) in [6.07, 6.45) is 0.682. The molecule has 0 saturated heterocycles. The minimum absolute atomic E-state index is 0.166. The highest BCUT2D eigenvalue weighted by Crippen LogP contribution is 2.38. The van der Waals surface area contributed by atoms with Crippen LogP contribution in [0.5, 0.6) is 11.5 Å². The summed E-state index contributed by atoms with van der Waals surface area (Å²) < 4.78 is 11.3. The lowest BCUT2D eigenvalue weighted by molar-refractivity contribution is -0.133. The van der Waals surface area contributed by atoms with Gasteiger partial charge in [0.05, 0.1) is 12.5 Å². The van der Waals surface area contributed by atoms with Crippen molar-refractivity contribution in [3.05, 3.63) is 59.7 Å². The highest BCUT2D eigenvalue weighted by molar-refractivity contribution is 5.97. The molecule has 2 N–H and O–H groups in total. The quantitative estimate of drug-likeness (QED) is 0.552. The fourth-order valence-electron chi connectivity index (χ4n) is 2.90. The highest BCUT2D eigenvalue weighted by Gasteiger charge is 2.39. The number of hydrogen-bond donors (Lipinski definition) is 1. The summed E-state index contributed by atoms with van der Waals surface area (Å²) in [5.41, 5.74) is 6.52. The molecule has 2 atom stereocenters. The normalized spacial score (nSPS) is 14.2. The molecule has 0 amide bonds. The van der Waals surface area contributed by atoms with Gasteiger partial charge in [0.15, 0.2) is 11.5 Å². The van der Waals surface area contributed by atoms with Crippen LogP contribution in [-0.4, -0.2) is 25.7 Å². The van der Waals surface area contributed by atoms with Crippen molar-refractivity contribution in [3.8, 4) is 11.5 Å². The molecule has 2 rings (SSSR count). The maximum Gasteiger partial charge on any atom is 0.161 e. The molecule has 0 saturated carbocycles. The summed E-state index contributed by atoms with van der Waals surface area (Å²) in [4.78, 5) is 23.7. The second-order valence-corrected chi connectivity index (χ2v) is 6.43. The fourth-order valence-corrected chi connectivity index (χ4v) is 2.90. The average Bonchev–Trinajstić information content (AvgIpc) is 2.67. The zero-order chi connectivity index (χ0) is 19.2. The van der Waals surface area contributed by atoms with Gasteiger partial charge in [-0.25, -0.2) is 0 Å². The van der Waals surface area contributed by atoms with Gasteiger partial charge in [-0.15, -0.1) is 0 Å². The number of benzene rings is 2. The van der Waals surface area contributed by atoms with E-state index in [2.05, 4.69) is 0 Å². The van der Waals surface area contributed by atoms with Crippen molar-refractivity contribution >= 4 is 12.1 Å². The second-order valence-electron chi connectivity index (χ2n) is 6.43. The minimum atomic E-state index is -1.18. The van der Waals surface area contributed by atoms with E-state index >= 15 is 0 Å². The maximum atomic E-state index is 12.0. The van der Waals surface area contributed by atoms with E-state index in [1.165, 1.54) is 6.92 Å². The molecule has 0 radical (unpaired) electrons. The predicted molar refractivity (Wildman–Crippen MR) is 100 cm³/mol. The number of carbonyl (C=O) groups is 2. The van der Waals surface area contributed by atoms with Crippen LogP contribution in [0, 0.1) is 5.41 Å². The van der Waals surface area contributed by atoms with E-state index in [4.69, 9.17) is 15.2 Å². The lowest BCUT2D eigenvalue weighted by Crippen LogP contribution is -2.38. The smallest absolute Gasteiger partial charge is 0.161 e. The van der Waals surface area contributed by atoms with Gasteiger partial charge in [-0.05, 0) is 37.1 Å². The van der Waals surface area contributed by atoms with Crippen LogP contribution in [0.15, 0.2) is 48.5 Å². The number of carbonyl (C=O) groups excluding carboxylic acids is 2. The van der Waals surface area contributed by atoms with Crippen LogP contribution in [0.1, 0.15) is 30.9 Å². The Hall–Kier alpha value is -2.66. The molecule has 0 bridgehead atoms. The summed E-state index contributed by atoms with van der Waals surface area (Å²) in [5.74, 6) is 0.466. The van der Waals surface area contributed by atoms with Gasteiger partial charge in [0.1, 0.15) is 18.7 Å². The first-order valence-corrected chi connectivity index (χ1v) is 8.48. The van der Waals surface area contributed by atoms with E-state index in [1.54, 1.807) is 26.2 Å². The summed E-state index contributed by atoms with van der Waals surface area (Å²) in [7, 11) is 1.57. The molecular weight excluding hydrogens is 330 g/mol. The van der Waals surface area contributed by atoms with Crippen molar-refractivity contribution in [1.82, 2.24) is 0 Å². The zero-order valence-corrected chi connectivity index (χ0v) is 15.4. The number of Topliss-reactive ketones (excluding diaryl/α,β-unsaturated/α-hetero) is 1. The van der Waals surface area contributed by atoms with Gasteiger partial charge < -0.3 is 20.0 Å².